The van der Waals surface area contributed by atoms with Crippen LogP contribution in [0.5, 0.6) is 5.75 Å². The summed E-state index contributed by atoms with van der Waals surface area (Å²) in [5.41, 5.74) is 2.20. The van der Waals surface area contributed by atoms with Crippen LogP contribution in [0.3, 0.4) is 0 Å². The summed E-state index contributed by atoms with van der Waals surface area (Å²) < 4.78 is 0. The lowest BCUT2D eigenvalue weighted by Crippen LogP contribution is -2.32. The Morgan fingerprint density at radius 1 is 1.62 bits per heavy atom. The highest BCUT2D eigenvalue weighted by Crippen LogP contribution is 2.32. The average Bonchev–Trinajstić information content (AvgIpc) is 2.42. The number of thiocarbonyl (C=S) groups is 1. The summed E-state index contributed by atoms with van der Waals surface area (Å²) in [5, 5.41) is 27.7. The van der Waals surface area contributed by atoms with Gasteiger partial charge in [0.15, 0.2) is 5.11 Å². The second-order valence-corrected chi connectivity index (χ2v) is 4.94. The van der Waals surface area contributed by atoms with Crippen LogP contribution in [0, 0.1) is 10.1 Å². The van der Waals surface area contributed by atoms with Crippen molar-refractivity contribution in [3.05, 3.63) is 32.8 Å². The molecule has 0 aliphatic heterocycles. The Kier molecular flexibility index (Phi) is 6.83. The third-order valence-corrected chi connectivity index (χ3v) is 2.92. The highest BCUT2D eigenvalue weighted by atomic mass is 35.5. The van der Waals surface area contributed by atoms with Gasteiger partial charge in [-0.25, -0.2) is 0 Å². The Balaban J connectivity index is 2.72. The fraction of sp³-hybridized carbons (Fsp3) is 0.333. The fourth-order valence-corrected chi connectivity index (χ4v) is 1.80. The second kappa shape index (κ2) is 8.38. The number of rotatable bonds is 6. The summed E-state index contributed by atoms with van der Waals surface area (Å²) in [7, 11) is 0. The van der Waals surface area contributed by atoms with E-state index >= 15 is 0 Å². The molecule has 0 spiro atoms. The van der Waals surface area contributed by atoms with Crippen LogP contribution >= 0.6 is 23.8 Å². The van der Waals surface area contributed by atoms with E-state index in [9.17, 15) is 15.2 Å². The van der Waals surface area contributed by atoms with Gasteiger partial charge in [-0.15, -0.1) is 0 Å². The molecule has 0 unspecified atom stereocenters. The zero-order valence-electron chi connectivity index (χ0n) is 11.3. The number of halogens is 1. The maximum Gasteiger partial charge on any atom is 0.312 e. The number of hydrogen-bond donors (Lipinski definition) is 3. The van der Waals surface area contributed by atoms with Crippen molar-refractivity contribution in [3.63, 3.8) is 0 Å². The van der Waals surface area contributed by atoms with Crippen LogP contribution in [0.1, 0.15) is 25.3 Å². The Bertz CT molecular complexity index is 566. The lowest BCUT2D eigenvalue weighted by molar-refractivity contribution is -0.385. The predicted molar refractivity (Wildman–Crippen MR) is 86.0 cm³/mol. The van der Waals surface area contributed by atoms with Crippen molar-refractivity contribution >= 4 is 40.8 Å². The lowest BCUT2D eigenvalue weighted by Gasteiger charge is -2.05. The van der Waals surface area contributed by atoms with Gasteiger partial charge in [0.1, 0.15) is 0 Å². The molecule has 0 saturated heterocycles. The van der Waals surface area contributed by atoms with Crippen LogP contribution in [-0.2, 0) is 0 Å². The molecular formula is C12H15ClN4O3S. The van der Waals surface area contributed by atoms with E-state index in [-0.39, 0.29) is 10.6 Å². The minimum Gasteiger partial charge on any atom is -0.502 e. The maximum atomic E-state index is 10.8. The molecule has 114 valence electrons. The number of benzene rings is 1. The molecule has 3 N–H and O–H groups in total. The molecule has 0 saturated carbocycles. The Hall–Kier alpha value is -1.93. The first-order chi connectivity index (χ1) is 9.95. The van der Waals surface area contributed by atoms with E-state index in [0.29, 0.717) is 5.11 Å². The Morgan fingerprint density at radius 2 is 2.33 bits per heavy atom. The highest BCUT2D eigenvalue weighted by Gasteiger charge is 2.17. The van der Waals surface area contributed by atoms with Gasteiger partial charge in [-0.05, 0) is 24.7 Å². The molecule has 9 heteroatoms. The molecule has 0 amide bonds. The number of phenolic OH excluding ortho intramolecular Hbond substituents is 1. The van der Waals surface area contributed by atoms with Gasteiger partial charge in [-0.2, -0.15) is 5.10 Å². The van der Waals surface area contributed by atoms with Gasteiger partial charge in [0.2, 0.25) is 5.75 Å². The molecule has 0 heterocycles. The molecule has 0 bridgehead atoms. The molecule has 1 rings (SSSR count). The molecule has 0 fully saturated rings. The van der Waals surface area contributed by atoms with E-state index in [0.717, 1.165) is 25.5 Å². The SMILES string of the molecule is CCCCNC(=S)NN=Cc1cc(Cl)cc([N+](=O)[O-])c1O. The normalized spacial score (nSPS) is 10.6. The summed E-state index contributed by atoms with van der Waals surface area (Å²) >= 11 is 10.7. The van der Waals surface area contributed by atoms with Gasteiger partial charge in [-0.3, -0.25) is 15.5 Å². The van der Waals surface area contributed by atoms with E-state index < -0.39 is 16.4 Å². The molecule has 0 aliphatic rings. The van der Waals surface area contributed by atoms with Crippen molar-refractivity contribution in [1.29, 1.82) is 0 Å². The van der Waals surface area contributed by atoms with E-state index in [2.05, 4.69) is 22.8 Å². The largest absolute Gasteiger partial charge is 0.502 e. The number of nitrogens with one attached hydrogen (secondary N) is 2. The fourth-order valence-electron chi connectivity index (χ4n) is 1.42. The number of unbranched alkanes of at least 4 members (excludes halogenated alkanes) is 1. The minimum atomic E-state index is -0.719. The molecular weight excluding hydrogens is 316 g/mol. The van der Waals surface area contributed by atoms with Crippen molar-refractivity contribution in [3.8, 4) is 5.75 Å². The van der Waals surface area contributed by atoms with Crippen molar-refractivity contribution in [1.82, 2.24) is 10.7 Å². The van der Waals surface area contributed by atoms with E-state index in [4.69, 9.17) is 23.8 Å². The molecule has 1 aromatic rings. The van der Waals surface area contributed by atoms with E-state index in [1.807, 2.05) is 0 Å². The number of hydrazone groups is 1. The Morgan fingerprint density at radius 3 is 2.95 bits per heavy atom. The highest BCUT2D eigenvalue weighted by molar-refractivity contribution is 7.80. The predicted octanol–water partition coefficient (Wildman–Crippen LogP) is 2.55. The van der Waals surface area contributed by atoms with Gasteiger partial charge in [0, 0.05) is 23.2 Å². The van der Waals surface area contributed by atoms with Crippen LogP contribution in [0.15, 0.2) is 17.2 Å². The standard InChI is InChI=1S/C12H15ClN4O3S/c1-2-3-4-14-12(21)16-15-7-8-5-9(13)6-10(11(8)18)17(19)20/h5-7,18H,2-4H2,1H3,(H2,14,16,21). The first-order valence-corrected chi connectivity index (χ1v) is 6.98. The number of aromatic hydroxyl groups is 1. The third-order valence-electron chi connectivity index (χ3n) is 2.47. The van der Waals surface area contributed by atoms with Crippen LogP contribution in [0.4, 0.5) is 5.69 Å². The summed E-state index contributed by atoms with van der Waals surface area (Å²) in [5.74, 6) is -0.500. The molecule has 7 nitrogen and oxygen atoms in total. The van der Waals surface area contributed by atoms with Gasteiger partial charge in [-0.1, -0.05) is 24.9 Å². The summed E-state index contributed by atoms with van der Waals surface area (Å²) in [6.45, 7) is 2.79. The van der Waals surface area contributed by atoms with Crippen LogP contribution in [0.25, 0.3) is 0 Å². The Labute approximate surface area is 132 Å². The lowest BCUT2D eigenvalue weighted by atomic mass is 10.2. The molecule has 0 atom stereocenters. The zero-order valence-corrected chi connectivity index (χ0v) is 12.9. The third kappa shape index (κ3) is 5.52. The summed E-state index contributed by atoms with van der Waals surface area (Å²) in [6, 6.07) is 2.43. The summed E-state index contributed by atoms with van der Waals surface area (Å²) in [6.07, 6.45) is 3.23. The topological polar surface area (TPSA) is 99.8 Å². The van der Waals surface area contributed by atoms with Gasteiger partial charge in [0.05, 0.1) is 11.1 Å². The quantitative estimate of drug-likeness (QED) is 0.244. The van der Waals surface area contributed by atoms with Crippen LogP contribution < -0.4 is 10.7 Å². The van der Waals surface area contributed by atoms with Gasteiger partial charge in [0.25, 0.3) is 0 Å². The first kappa shape index (κ1) is 17.1. The van der Waals surface area contributed by atoms with Gasteiger partial charge < -0.3 is 10.4 Å². The molecule has 0 aromatic heterocycles. The number of phenols is 1. The van der Waals surface area contributed by atoms with Crippen molar-refractivity contribution in [2.24, 2.45) is 5.10 Å². The van der Waals surface area contributed by atoms with Gasteiger partial charge >= 0.3 is 5.69 Å². The smallest absolute Gasteiger partial charge is 0.312 e. The first-order valence-electron chi connectivity index (χ1n) is 6.19. The van der Waals surface area contributed by atoms with Crippen molar-refractivity contribution in [2.75, 3.05) is 6.54 Å². The number of nitro groups is 1. The summed E-state index contributed by atoms with van der Waals surface area (Å²) in [4.78, 5) is 10.0. The van der Waals surface area contributed by atoms with Crippen molar-refractivity contribution in [2.45, 2.75) is 19.8 Å². The van der Waals surface area contributed by atoms with Crippen molar-refractivity contribution < 1.29 is 10.0 Å². The number of nitro benzene ring substituents is 1. The van der Waals surface area contributed by atoms with Crippen LogP contribution in [-0.4, -0.2) is 27.9 Å². The number of nitrogens with zero attached hydrogens (tertiary/aromatic N) is 2. The van der Waals surface area contributed by atoms with E-state index in [1.165, 1.54) is 12.3 Å². The number of hydrogen-bond acceptors (Lipinski definition) is 5. The molecule has 0 radical (unpaired) electrons. The monoisotopic (exact) mass is 330 g/mol. The molecule has 1 aromatic carbocycles. The second-order valence-electron chi connectivity index (χ2n) is 4.10. The zero-order chi connectivity index (χ0) is 15.8. The molecule has 0 aliphatic carbocycles. The maximum absolute atomic E-state index is 10.8. The van der Waals surface area contributed by atoms with Crippen LogP contribution in [0.2, 0.25) is 5.02 Å². The van der Waals surface area contributed by atoms with E-state index in [1.54, 1.807) is 0 Å². The minimum absolute atomic E-state index is 0.123. The molecule has 21 heavy (non-hydrogen) atoms. The average molecular weight is 331 g/mol.